The molecule has 0 bridgehead atoms. The highest BCUT2D eigenvalue weighted by Crippen LogP contribution is 2.27. The van der Waals surface area contributed by atoms with Crippen molar-refractivity contribution in [3.63, 3.8) is 0 Å². The molecule has 0 saturated heterocycles. The van der Waals surface area contributed by atoms with Gasteiger partial charge in [-0.15, -0.1) is 0 Å². The zero-order chi connectivity index (χ0) is 14.9. The van der Waals surface area contributed by atoms with E-state index in [-0.39, 0.29) is 21.4 Å². The van der Waals surface area contributed by atoms with Crippen LogP contribution in [0.15, 0.2) is 41.3 Å². The number of hydrogen-bond acceptors (Lipinski definition) is 3. The summed E-state index contributed by atoms with van der Waals surface area (Å²) in [5.74, 6) is -0.828. The molecule has 0 aliphatic carbocycles. The first-order valence-electron chi connectivity index (χ1n) is 5.83. The van der Waals surface area contributed by atoms with E-state index in [0.717, 1.165) is 6.07 Å². The predicted octanol–water partition coefficient (Wildman–Crippen LogP) is 3.34. The minimum absolute atomic E-state index is 0.0675. The highest BCUT2D eigenvalue weighted by molar-refractivity contribution is 7.90. The lowest BCUT2D eigenvalue weighted by Crippen LogP contribution is -2.09. The van der Waals surface area contributed by atoms with Crippen LogP contribution in [0.4, 0.5) is 10.1 Å². The van der Waals surface area contributed by atoms with Crippen LogP contribution >= 0.6 is 11.6 Å². The van der Waals surface area contributed by atoms with E-state index < -0.39 is 15.7 Å². The average Bonchev–Trinajstić information content (AvgIpc) is 2.36. The highest BCUT2D eigenvalue weighted by atomic mass is 35.5. The monoisotopic (exact) mass is 313 g/mol. The molecular formula is C14H13ClFNO2S. The Bertz CT molecular complexity index is 760. The van der Waals surface area contributed by atoms with E-state index in [1.54, 1.807) is 19.1 Å². The summed E-state index contributed by atoms with van der Waals surface area (Å²) in [4.78, 5) is 0.0675. The van der Waals surface area contributed by atoms with E-state index in [0.29, 0.717) is 11.1 Å². The van der Waals surface area contributed by atoms with Crippen molar-refractivity contribution in [3.8, 4) is 0 Å². The molecular weight excluding hydrogens is 301 g/mol. The fourth-order valence-electron chi connectivity index (χ4n) is 1.85. The molecule has 2 aromatic carbocycles. The molecule has 6 heteroatoms. The van der Waals surface area contributed by atoms with Crippen LogP contribution in [0.5, 0.6) is 0 Å². The van der Waals surface area contributed by atoms with Gasteiger partial charge in [-0.1, -0.05) is 29.8 Å². The van der Waals surface area contributed by atoms with Gasteiger partial charge < -0.3 is 5.73 Å². The Balaban J connectivity index is 2.44. The van der Waals surface area contributed by atoms with Crippen molar-refractivity contribution in [3.05, 3.63) is 58.4 Å². The van der Waals surface area contributed by atoms with E-state index in [1.165, 1.54) is 18.2 Å². The highest BCUT2D eigenvalue weighted by Gasteiger charge is 2.20. The van der Waals surface area contributed by atoms with E-state index in [9.17, 15) is 12.8 Å². The van der Waals surface area contributed by atoms with Gasteiger partial charge in [0, 0.05) is 5.02 Å². The second-order valence-corrected chi connectivity index (χ2v) is 6.85. The number of para-hydroxylation sites is 1. The molecule has 0 saturated carbocycles. The standard InChI is InChI=1S/C14H13ClFNO2S/c1-9-3-2-4-13(14(9)17)20(18,19)8-10-5-6-11(16)7-12(10)15/h2-7H,8,17H2,1H3. The van der Waals surface area contributed by atoms with Crippen LogP contribution < -0.4 is 5.73 Å². The topological polar surface area (TPSA) is 60.2 Å². The zero-order valence-corrected chi connectivity index (χ0v) is 12.3. The van der Waals surface area contributed by atoms with E-state index in [2.05, 4.69) is 0 Å². The summed E-state index contributed by atoms with van der Waals surface area (Å²) >= 11 is 5.86. The largest absolute Gasteiger partial charge is 0.397 e. The molecule has 0 aliphatic heterocycles. The molecule has 0 spiro atoms. The van der Waals surface area contributed by atoms with Crippen molar-refractivity contribution in [2.75, 3.05) is 5.73 Å². The summed E-state index contributed by atoms with van der Waals surface area (Å²) in [6.07, 6.45) is 0. The van der Waals surface area contributed by atoms with Crippen molar-refractivity contribution in [2.45, 2.75) is 17.6 Å². The molecule has 0 aliphatic rings. The summed E-state index contributed by atoms with van der Waals surface area (Å²) < 4.78 is 37.7. The van der Waals surface area contributed by atoms with Crippen molar-refractivity contribution >= 4 is 27.1 Å². The molecule has 106 valence electrons. The van der Waals surface area contributed by atoms with Gasteiger partial charge in [0.2, 0.25) is 0 Å². The predicted molar refractivity (Wildman–Crippen MR) is 77.9 cm³/mol. The molecule has 0 fully saturated rings. The fourth-order valence-corrected chi connectivity index (χ4v) is 3.76. The molecule has 0 atom stereocenters. The molecule has 0 heterocycles. The van der Waals surface area contributed by atoms with Crippen LogP contribution in [-0.4, -0.2) is 8.42 Å². The Labute approximate surface area is 122 Å². The van der Waals surface area contributed by atoms with E-state index in [4.69, 9.17) is 17.3 Å². The second kappa shape index (κ2) is 5.42. The molecule has 3 nitrogen and oxygen atoms in total. The maximum absolute atomic E-state index is 13.0. The minimum Gasteiger partial charge on any atom is -0.397 e. The van der Waals surface area contributed by atoms with Gasteiger partial charge in [-0.2, -0.15) is 0 Å². The molecule has 0 aromatic heterocycles. The molecule has 0 amide bonds. The third kappa shape index (κ3) is 2.94. The molecule has 2 rings (SSSR count). The molecule has 20 heavy (non-hydrogen) atoms. The van der Waals surface area contributed by atoms with Gasteiger partial charge in [0.05, 0.1) is 16.3 Å². The molecule has 0 radical (unpaired) electrons. The number of rotatable bonds is 3. The van der Waals surface area contributed by atoms with Crippen molar-refractivity contribution in [1.82, 2.24) is 0 Å². The number of aryl methyl sites for hydroxylation is 1. The normalized spacial score (nSPS) is 11.6. The van der Waals surface area contributed by atoms with E-state index in [1.807, 2.05) is 0 Å². The van der Waals surface area contributed by atoms with Gasteiger partial charge in [0.15, 0.2) is 9.84 Å². The zero-order valence-electron chi connectivity index (χ0n) is 10.7. The Morgan fingerprint density at radius 1 is 1.25 bits per heavy atom. The quantitative estimate of drug-likeness (QED) is 0.884. The third-order valence-electron chi connectivity index (χ3n) is 2.98. The summed E-state index contributed by atoms with van der Waals surface area (Å²) in [7, 11) is -3.63. The minimum atomic E-state index is -3.63. The van der Waals surface area contributed by atoms with Crippen molar-refractivity contribution in [1.29, 1.82) is 0 Å². The van der Waals surface area contributed by atoms with Gasteiger partial charge in [0.25, 0.3) is 0 Å². The van der Waals surface area contributed by atoms with Gasteiger partial charge >= 0.3 is 0 Å². The summed E-state index contributed by atoms with van der Waals surface area (Å²) in [6.45, 7) is 1.74. The van der Waals surface area contributed by atoms with Gasteiger partial charge in [-0.3, -0.25) is 0 Å². The lowest BCUT2D eigenvalue weighted by molar-refractivity contribution is 0.595. The van der Waals surface area contributed by atoms with Gasteiger partial charge in [0.1, 0.15) is 5.82 Å². The number of hydrogen-bond donors (Lipinski definition) is 1. The third-order valence-corrected chi connectivity index (χ3v) is 5.05. The van der Waals surface area contributed by atoms with Crippen LogP contribution in [0.25, 0.3) is 0 Å². The van der Waals surface area contributed by atoms with Crippen LogP contribution in [0, 0.1) is 12.7 Å². The number of nitrogens with two attached hydrogens (primary N) is 1. The molecule has 0 unspecified atom stereocenters. The first-order valence-corrected chi connectivity index (χ1v) is 7.86. The summed E-state index contributed by atoms with van der Waals surface area (Å²) in [6, 6.07) is 8.45. The lowest BCUT2D eigenvalue weighted by Gasteiger charge is -2.10. The first-order chi connectivity index (χ1) is 9.31. The maximum Gasteiger partial charge on any atom is 0.184 e. The van der Waals surface area contributed by atoms with Crippen LogP contribution in [0.2, 0.25) is 5.02 Å². The number of benzene rings is 2. The number of halogens is 2. The molecule has 2 aromatic rings. The number of anilines is 1. The van der Waals surface area contributed by atoms with Crippen LogP contribution in [-0.2, 0) is 15.6 Å². The van der Waals surface area contributed by atoms with Crippen LogP contribution in [0.3, 0.4) is 0 Å². The van der Waals surface area contributed by atoms with Crippen molar-refractivity contribution < 1.29 is 12.8 Å². The maximum atomic E-state index is 13.0. The average molecular weight is 314 g/mol. The van der Waals surface area contributed by atoms with Crippen LogP contribution in [0.1, 0.15) is 11.1 Å². The Morgan fingerprint density at radius 3 is 2.60 bits per heavy atom. The lowest BCUT2D eigenvalue weighted by atomic mass is 10.2. The smallest absolute Gasteiger partial charge is 0.184 e. The number of sulfone groups is 1. The first kappa shape index (κ1) is 14.8. The van der Waals surface area contributed by atoms with E-state index >= 15 is 0 Å². The second-order valence-electron chi connectivity index (χ2n) is 4.48. The fraction of sp³-hybridized carbons (Fsp3) is 0.143. The van der Waals surface area contributed by atoms with Gasteiger partial charge in [-0.05, 0) is 36.2 Å². The Kier molecular flexibility index (Phi) is 4.01. The molecule has 2 N–H and O–H groups in total. The van der Waals surface area contributed by atoms with Gasteiger partial charge in [-0.25, -0.2) is 12.8 Å². The SMILES string of the molecule is Cc1cccc(S(=O)(=O)Cc2ccc(F)cc2Cl)c1N. The Hall–Kier alpha value is -1.59. The van der Waals surface area contributed by atoms with Crippen molar-refractivity contribution in [2.24, 2.45) is 0 Å². The summed E-state index contributed by atoms with van der Waals surface area (Å²) in [5.41, 5.74) is 7.07. The summed E-state index contributed by atoms with van der Waals surface area (Å²) in [5, 5.41) is 0.0831. The number of nitrogen functional groups attached to an aromatic ring is 1. The Morgan fingerprint density at radius 2 is 1.95 bits per heavy atom.